The molecule has 1 atom stereocenters. The van der Waals surface area contributed by atoms with Gasteiger partial charge in [-0.25, -0.2) is 13.1 Å². The molecule has 0 aliphatic carbocycles. The van der Waals surface area contributed by atoms with Crippen molar-refractivity contribution < 1.29 is 18.3 Å². The number of sulfonamides is 1. The highest BCUT2D eigenvalue weighted by Crippen LogP contribution is 2.28. The zero-order chi connectivity index (χ0) is 13.8. The molecule has 5 nitrogen and oxygen atoms in total. The number of nitrogens with one attached hydrogen (secondary N) is 1. The van der Waals surface area contributed by atoms with Crippen molar-refractivity contribution >= 4 is 33.2 Å². The number of halogens is 2. The third kappa shape index (κ3) is 4.08. The fraction of sp³-hybridized carbons (Fsp3) is 0.400. The molecule has 0 radical (unpaired) electrons. The summed E-state index contributed by atoms with van der Waals surface area (Å²) in [4.78, 5) is -0.196. The first kappa shape index (κ1) is 15.7. The molecule has 0 saturated heterocycles. The van der Waals surface area contributed by atoms with Gasteiger partial charge in [-0.2, -0.15) is 0 Å². The molecule has 0 amide bonds. The van der Waals surface area contributed by atoms with Gasteiger partial charge >= 0.3 is 0 Å². The van der Waals surface area contributed by atoms with Gasteiger partial charge in [0.2, 0.25) is 10.0 Å². The minimum absolute atomic E-state index is 0.0243. The Bertz CT molecular complexity index is 486. The summed E-state index contributed by atoms with van der Waals surface area (Å²) in [5, 5.41) is 9.43. The Morgan fingerprint density at radius 3 is 2.44 bits per heavy atom. The Morgan fingerprint density at radius 1 is 1.39 bits per heavy atom. The van der Waals surface area contributed by atoms with Gasteiger partial charge in [0.25, 0.3) is 0 Å². The summed E-state index contributed by atoms with van der Waals surface area (Å²) in [5.41, 5.74) is 0. The Balaban J connectivity index is 2.87. The maximum absolute atomic E-state index is 12.0. The van der Waals surface area contributed by atoms with Crippen molar-refractivity contribution in [2.24, 2.45) is 0 Å². The van der Waals surface area contributed by atoms with Crippen molar-refractivity contribution in [2.45, 2.75) is 11.0 Å². The quantitative estimate of drug-likeness (QED) is 0.829. The topological polar surface area (TPSA) is 75.6 Å². The monoisotopic (exact) mass is 313 g/mol. The van der Waals surface area contributed by atoms with Gasteiger partial charge in [-0.05, 0) is 12.1 Å². The molecule has 0 aliphatic heterocycles. The Labute approximate surface area is 116 Å². The summed E-state index contributed by atoms with van der Waals surface area (Å²) in [6.45, 7) is -0.156. The minimum atomic E-state index is -3.86. The van der Waals surface area contributed by atoms with E-state index in [9.17, 15) is 13.5 Å². The Morgan fingerprint density at radius 2 is 1.94 bits per heavy atom. The fourth-order valence-corrected chi connectivity index (χ4v) is 3.48. The van der Waals surface area contributed by atoms with Gasteiger partial charge in [0.05, 0.1) is 22.8 Å². The normalized spacial score (nSPS) is 13.6. The van der Waals surface area contributed by atoms with Gasteiger partial charge in [0.1, 0.15) is 4.90 Å². The average molecular weight is 314 g/mol. The zero-order valence-electron chi connectivity index (χ0n) is 9.56. The van der Waals surface area contributed by atoms with Crippen LogP contribution in [0.5, 0.6) is 0 Å². The fourth-order valence-electron chi connectivity index (χ4n) is 1.27. The van der Waals surface area contributed by atoms with E-state index < -0.39 is 16.1 Å². The number of ether oxygens (including phenoxy) is 1. The highest BCUT2D eigenvalue weighted by molar-refractivity contribution is 7.89. The first-order chi connectivity index (χ1) is 8.38. The highest BCUT2D eigenvalue weighted by Gasteiger charge is 2.22. The zero-order valence-corrected chi connectivity index (χ0v) is 11.9. The largest absolute Gasteiger partial charge is 0.389 e. The number of hydrogen-bond acceptors (Lipinski definition) is 4. The van der Waals surface area contributed by atoms with Crippen LogP contribution in [-0.4, -0.2) is 39.9 Å². The van der Waals surface area contributed by atoms with Crippen LogP contribution in [0.4, 0.5) is 0 Å². The van der Waals surface area contributed by atoms with Gasteiger partial charge in [0, 0.05) is 13.7 Å². The van der Waals surface area contributed by atoms with Gasteiger partial charge in [-0.15, -0.1) is 0 Å². The summed E-state index contributed by atoms with van der Waals surface area (Å²) >= 11 is 11.6. The lowest BCUT2D eigenvalue weighted by atomic mass is 10.4. The molecule has 0 aliphatic rings. The minimum Gasteiger partial charge on any atom is -0.389 e. The number of aliphatic hydroxyl groups excluding tert-OH is 1. The van der Waals surface area contributed by atoms with E-state index in [-0.39, 0.29) is 28.1 Å². The molecule has 0 bridgehead atoms. The Hall–Kier alpha value is -0.370. The van der Waals surface area contributed by atoms with Crippen molar-refractivity contribution in [3.8, 4) is 0 Å². The second-order valence-electron chi connectivity index (χ2n) is 3.51. The molecule has 8 heteroatoms. The molecule has 1 rings (SSSR count). The molecular formula is C10H13Cl2NO4S. The van der Waals surface area contributed by atoms with Crippen LogP contribution >= 0.6 is 23.2 Å². The molecule has 1 aromatic rings. The van der Waals surface area contributed by atoms with Crippen molar-refractivity contribution in [1.29, 1.82) is 0 Å². The van der Waals surface area contributed by atoms with Crippen molar-refractivity contribution in [3.05, 3.63) is 28.2 Å². The molecule has 0 heterocycles. The van der Waals surface area contributed by atoms with E-state index in [2.05, 4.69) is 9.46 Å². The van der Waals surface area contributed by atoms with Crippen molar-refractivity contribution in [3.63, 3.8) is 0 Å². The van der Waals surface area contributed by atoms with Gasteiger partial charge < -0.3 is 9.84 Å². The standard InChI is InChI=1S/C10H13Cl2NO4S/c1-17-6-7(14)5-13-18(15,16)10-8(11)3-2-4-9(10)12/h2-4,7,13-14H,5-6H2,1H3. The summed E-state index contributed by atoms with van der Waals surface area (Å²) in [7, 11) is -2.46. The lowest BCUT2D eigenvalue weighted by Crippen LogP contribution is -2.34. The molecule has 102 valence electrons. The molecule has 0 spiro atoms. The van der Waals surface area contributed by atoms with E-state index in [1.54, 1.807) is 6.07 Å². The van der Waals surface area contributed by atoms with E-state index in [1.807, 2.05) is 0 Å². The lowest BCUT2D eigenvalue weighted by Gasteiger charge is -2.13. The van der Waals surface area contributed by atoms with E-state index in [0.717, 1.165) is 0 Å². The molecule has 18 heavy (non-hydrogen) atoms. The average Bonchev–Trinajstić information content (AvgIpc) is 2.26. The molecule has 1 unspecified atom stereocenters. The molecule has 0 fully saturated rings. The van der Waals surface area contributed by atoms with E-state index in [4.69, 9.17) is 23.2 Å². The van der Waals surface area contributed by atoms with Crippen LogP contribution in [0.3, 0.4) is 0 Å². The number of benzene rings is 1. The second kappa shape index (κ2) is 6.70. The molecule has 1 aromatic carbocycles. The molecule has 2 N–H and O–H groups in total. The second-order valence-corrected chi connectivity index (χ2v) is 6.03. The summed E-state index contributed by atoms with van der Waals surface area (Å²) in [6, 6.07) is 4.39. The molecular weight excluding hydrogens is 301 g/mol. The lowest BCUT2D eigenvalue weighted by molar-refractivity contribution is 0.0679. The predicted octanol–water partition coefficient (Wildman–Crippen LogP) is 1.28. The summed E-state index contributed by atoms with van der Waals surface area (Å²) in [5.74, 6) is 0. The smallest absolute Gasteiger partial charge is 0.243 e. The predicted molar refractivity (Wildman–Crippen MR) is 69.5 cm³/mol. The third-order valence-electron chi connectivity index (χ3n) is 2.06. The van der Waals surface area contributed by atoms with Gasteiger partial charge in [-0.1, -0.05) is 29.3 Å². The van der Waals surface area contributed by atoms with Crippen LogP contribution in [0.25, 0.3) is 0 Å². The van der Waals surface area contributed by atoms with Crippen LogP contribution in [-0.2, 0) is 14.8 Å². The van der Waals surface area contributed by atoms with E-state index in [1.165, 1.54) is 19.2 Å². The van der Waals surface area contributed by atoms with Gasteiger partial charge in [0.15, 0.2) is 0 Å². The number of rotatable bonds is 6. The van der Waals surface area contributed by atoms with Gasteiger partial charge in [-0.3, -0.25) is 0 Å². The number of methoxy groups -OCH3 is 1. The molecule has 0 aromatic heterocycles. The SMILES string of the molecule is COCC(O)CNS(=O)(=O)c1c(Cl)cccc1Cl. The third-order valence-corrected chi connectivity index (χ3v) is 4.43. The maximum Gasteiger partial charge on any atom is 0.243 e. The molecule has 0 saturated carbocycles. The maximum atomic E-state index is 12.0. The van der Waals surface area contributed by atoms with Crippen molar-refractivity contribution in [2.75, 3.05) is 20.3 Å². The summed E-state index contributed by atoms with van der Waals surface area (Å²) < 4.78 is 30.8. The van der Waals surface area contributed by atoms with E-state index >= 15 is 0 Å². The summed E-state index contributed by atoms with van der Waals surface area (Å²) in [6.07, 6.45) is -0.939. The van der Waals surface area contributed by atoms with Crippen LogP contribution in [0.2, 0.25) is 10.0 Å². The first-order valence-corrected chi connectivity index (χ1v) is 7.23. The van der Waals surface area contributed by atoms with Crippen LogP contribution in [0.15, 0.2) is 23.1 Å². The first-order valence-electron chi connectivity index (χ1n) is 4.99. The number of hydrogen-bond donors (Lipinski definition) is 2. The van der Waals surface area contributed by atoms with Crippen LogP contribution in [0.1, 0.15) is 0 Å². The van der Waals surface area contributed by atoms with Crippen LogP contribution < -0.4 is 4.72 Å². The number of aliphatic hydroxyl groups is 1. The Kier molecular flexibility index (Phi) is 5.84. The van der Waals surface area contributed by atoms with Crippen LogP contribution in [0, 0.1) is 0 Å². The van der Waals surface area contributed by atoms with Crippen molar-refractivity contribution in [1.82, 2.24) is 4.72 Å². The van der Waals surface area contributed by atoms with E-state index in [0.29, 0.717) is 0 Å². The highest BCUT2D eigenvalue weighted by atomic mass is 35.5.